The Labute approximate surface area is 247 Å². The van der Waals surface area contributed by atoms with Crippen molar-refractivity contribution in [1.29, 1.82) is 0 Å². The summed E-state index contributed by atoms with van der Waals surface area (Å²) in [7, 11) is -8.13. The molecule has 0 aliphatic carbocycles. The van der Waals surface area contributed by atoms with Crippen LogP contribution in [0.5, 0.6) is 0 Å². The third-order valence-corrected chi connectivity index (χ3v) is 9.60. The zero-order valence-electron chi connectivity index (χ0n) is 20.8. The Bertz CT molecular complexity index is 1750. The summed E-state index contributed by atoms with van der Waals surface area (Å²) in [5.41, 5.74) is 1.47. The Morgan fingerprint density at radius 2 is 1.27 bits per heavy atom. The Morgan fingerprint density at radius 1 is 0.725 bits per heavy atom. The fourth-order valence-corrected chi connectivity index (χ4v) is 6.65. The van der Waals surface area contributed by atoms with Gasteiger partial charge in [0.05, 0.1) is 20.5 Å². The highest BCUT2D eigenvalue weighted by atomic mass is 35.5. The summed E-state index contributed by atoms with van der Waals surface area (Å²) >= 11 is 18.3. The van der Waals surface area contributed by atoms with Crippen LogP contribution >= 0.6 is 34.8 Å². The van der Waals surface area contributed by atoms with Crippen molar-refractivity contribution in [2.45, 2.75) is 16.7 Å². The van der Waals surface area contributed by atoms with Crippen LogP contribution in [0, 0.1) is 6.92 Å². The summed E-state index contributed by atoms with van der Waals surface area (Å²) in [4.78, 5) is 13.0. The quantitative estimate of drug-likeness (QED) is 0.215. The lowest BCUT2D eigenvalue weighted by Crippen LogP contribution is -2.38. The largest absolute Gasteiger partial charge is 0.325 e. The van der Waals surface area contributed by atoms with Crippen molar-refractivity contribution in [3.8, 4) is 0 Å². The van der Waals surface area contributed by atoms with Gasteiger partial charge < -0.3 is 5.32 Å². The number of aryl methyl sites for hydroxylation is 1. The van der Waals surface area contributed by atoms with Crippen molar-refractivity contribution in [2.24, 2.45) is 0 Å². The highest BCUT2D eigenvalue weighted by Crippen LogP contribution is 2.33. The van der Waals surface area contributed by atoms with Gasteiger partial charge in [0.1, 0.15) is 6.54 Å². The number of sulfonamides is 2. The maximum atomic E-state index is 13.6. The van der Waals surface area contributed by atoms with E-state index in [-0.39, 0.29) is 31.2 Å². The van der Waals surface area contributed by atoms with E-state index in [0.29, 0.717) is 10.7 Å². The molecule has 0 heterocycles. The predicted molar refractivity (Wildman–Crippen MR) is 160 cm³/mol. The normalized spacial score (nSPS) is 11.6. The molecular weight excluding hydrogens is 617 g/mol. The van der Waals surface area contributed by atoms with Gasteiger partial charge in [-0.1, -0.05) is 52.5 Å². The van der Waals surface area contributed by atoms with Gasteiger partial charge in [-0.25, -0.2) is 16.8 Å². The third kappa shape index (κ3) is 7.07. The number of amides is 1. The van der Waals surface area contributed by atoms with Gasteiger partial charge >= 0.3 is 0 Å². The number of halogens is 3. The van der Waals surface area contributed by atoms with Gasteiger partial charge in [0.15, 0.2) is 0 Å². The molecule has 0 saturated carbocycles. The van der Waals surface area contributed by atoms with Crippen molar-refractivity contribution >= 4 is 77.8 Å². The summed E-state index contributed by atoms with van der Waals surface area (Å²) in [6, 6.07) is 22.0. The topological polar surface area (TPSA) is 113 Å². The molecule has 0 unspecified atom stereocenters. The maximum absolute atomic E-state index is 13.6. The van der Waals surface area contributed by atoms with Gasteiger partial charge in [-0.05, 0) is 85.8 Å². The van der Waals surface area contributed by atoms with Gasteiger partial charge in [0, 0.05) is 21.4 Å². The second-order valence-electron chi connectivity index (χ2n) is 8.61. The summed E-state index contributed by atoms with van der Waals surface area (Å²) in [5.74, 6) is -0.693. The second kappa shape index (κ2) is 12.1. The first-order valence-corrected chi connectivity index (χ1v) is 15.6. The van der Waals surface area contributed by atoms with E-state index in [1.54, 1.807) is 24.3 Å². The molecule has 0 radical (unpaired) electrons. The molecule has 0 bridgehead atoms. The van der Waals surface area contributed by atoms with Crippen LogP contribution in [-0.2, 0) is 24.8 Å². The first-order chi connectivity index (χ1) is 18.8. The average Bonchev–Trinajstić information content (AvgIpc) is 2.90. The van der Waals surface area contributed by atoms with Crippen LogP contribution in [0.1, 0.15) is 5.56 Å². The van der Waals surface area contributed by atoms with Gasteiger partial charge in [-0.2, -0.15) is 0 Å². The number of hydrogen-bond donors (Lipinski definition) is 2. The van der Waals surface area contributed by atoms with Crippen LogP contribution in [-0.4, -0.2) is 29.3 Å². The molecule has 2 N–H and O–H groups in total. The SMILES string of the molecule is Cc1ccc(S(=O)(=O)N(CC(=O)Nc2ccc(S(=O)(=O)Nc3ccc(Cl)cc3)cc2)c2cc(Cl)ccc2Cl)cc1. The lowest BCUT2D eigenvalue weighted by molar-refractivity contribution is -0.114. The van der Waals surface area contributed by atoms with E-state index < -0.39 is 32.5 Å². The molecule has 4 aromatic rings. The van der Waals surface area contributed by atoms with Crippen LogP contribution < -0.4 is 14.3 Å². The Kier molecular flexibility index (Phi) is 8.96. The first-order valence-electron chi connectivity index (χ1n) is 11.6. The number of nitrogens with one attached hydrogen (secondary N) is 2. The molecule has 13 heteroatoms. The maximum Gasteiger partial charge on any atom is 0.264 e. The van der Waals surface area contributed by atoms with Gasteiger partial charge in [0.2, 0.25) is 5.91 Å². The molecular formula is C27H22Cl3N3O5S2. The number of benzene rings is 4. The molecule has 0 aliphatic rings. The molecule has 0 aliphatic heterocycles. The number of hydrogen-bond acceptors (Lipinski definition) is 5. The molecule has 0 atom stereocenters. The molecule has 8 nitrogen and oxygen atoms in total. The summed E-state index contributed by atoms with van der Waals surface area (Å²) in [6.07, 6.45) is 0. The van der Waals surface area contributed by atoms with Crippen molar-refractivity contribution in [2.75, 3.05) is 20.9 Å². The standard InChI is InChI=1S/C27H22Cl3N3O5S2/c1-18-2-11-24(12-3-18)40(37,38)33(26-16-20(29)6-15-25(26)30)17-27(34)31-21-9-13-23(14-10-21)39(35,36)32-22-7-4-19(28)5-8-22/h2-16,32H,17H2,1H3,(H,31,34). The molecule has 4 aromatic carbocycles. The number of carbonyl (C=O) groups is 1. The number of rotatable bonds is 9. The monoisotopic (exact) mass is 637 g/mol. The van der Waals surface area contributed by atoms with E-state index in [9.17, 15) is 21.6 Å². The van der Waals surface area contributed by atoms with Gasteiger partial charge in [-0.15, -0.1) is 0 Å². The van der Waals surface area contributed by atoms with E-state index in [2.05, 4.69) is 10.0 Å². The molecule has 4 rings (SSSR count). The number of nitrogens with zero attached hydrogens (tertiary/aromatic N) is 1. The van der Waals surface area contributed by atoms with E-state index in [1.807, 2.05) is 6.92 Å². The zero-order chi connectivity index (χ0) is 29.1. The third-order valence-electron chi connectivity index (χ3n) is 5.62. The summed E-state index contributed by atoms with van der Waals surface area (Å²) in [5, 5.41) is 3.37. The molecule has 0 aromatic heterocycles. The van der Waals surface area contributed by atoms with E-state index in [0.717, 1.165) is 9.87 Å². The highest BCUT2D eigenvalue weighted by molar-refractivity contribution is 7.93. The smallest absolute Gasteiger partial charge is 0.264 e. The second-order valence-corrected chi connectivity index (χ2v) is 13.4. The minimum atomic E-state index is -4.22. The van der Waals surface area contributed by atoms with E-state index in [4.69, 9.17) is 34.8 Å². The van der Waals surface area contributed by atoms with Crippen LogP contribution in [0.2, 0.25) is 15.1 Å². The Balaban J connectivity index is 1.55. The highest BCUT2D eigenvalue weighted by Gasteiger charge is 2.29. The number of carbonyl (C=O) groups excluding carboxylic acids is 1. The molecule has 0 saturated heterocycles. The zero-order valence-corrected chi connectivity index (χ0v) is 24.7. The Hall–Kier alpha value is -3.28. The van der Waals surface area contributed by atoms with E-state index in [1.165, 1.54) is 66.7 Å². The van der Waals surface area contributed by atoms with Crippen LogP contribution in [0.15, 0.2) is 101 Å². The molecule has 40 heavy (non-hydrogen) atoms. The fraction of sp³-hybridized carbons (Fsp3) is 0.0741. The molecule has 208 valence electrons. The predicted octanol–water partition coefficient (Wildman–Crippen LogP) is 6.59. The lowest BCUT2D eigenvalue weighted by atomic mass is 10.2. The molecule has 0 spiro atoms. The Morgan fingerprint density at radius 3 is 1.90 bits per heavy atom. The van der Waals surface area contributed by atoms with Gasteiger partial charge in [-0.3, -0.25) is 13.8 Å². The minimum absolute atomic E-state index is 0.0274. The molecule has 1 amide bonds. The van der Waals surface area contributed by atoms with Crippen molar-refractivity contribution in [3.63, 3.8) is 0 Å². The van der Waals surface area contributed by atoms with Crippen molar-refractivity contribution in [1.82, 2.24) is 0 Å². The van der Waals surface area contributed by atoms with Crippen molar-refractivity contribution in [3.05, 3.63) is 112 Å². The first kappa shape index (κ1) is 29.7. The van der Waals surface area contributed by atoms with Crippen LogP contribution in [0.4, 0.5) is 17.1 Å². The van der Waals surface area contributed by atoms with Gasteiger partial charge in [0.25, 0.3) is 20.0 Å². The number of anilines is 3. The minimum Gasteiger partial charge on any atom is -0.325 e. The molecule has 0 fully saturated rings. The average molecular weight is 639 g/mol. The fourth-order valence-electron chi connectivity index (χ4n) is 3.59. The summed E-state index contributed by atoms with van der Waals surface area (Å²) < 4.78 is 55.9. The van der Waals surface area contributed by atoms with E-state index >= 15 is 0 Å². The van der Waals surface area contributed by atoms with Crippen LogP contribution in [0.25, 0.3) is 0 Å². The summed E-state index contributed by atoms with van der Waals surface area (Å²) in [6.45, 7) is 1.19. The van der Waals surface area contributed by atoms with Crippen LogP contribution in [0.3, 0.4) is 0 Å². The van der Waals surface area contributed by atoms with Crippen molar-refractivity contribution < 1.29 is 21.6 Å². The lowest BCUT2D eigenvalue weighted by Gasteiger charge is -2.25.